The summed E-state index contributed by atoms with van der Waals surface area (Å²) in [5, 5.41) is 8.34. The summed E-state index contributed by atoms with van der Waals surface area (Å²) in [6, 6.07) is -0.487. The van der Waals surface area contributed by atoms with Gasteiger partial charge in [-0.25, -0.2) is 9.59 Å². The third-order valence-electron chi connectivity index (χ3n) is 2.42. The molecule has 0 amide bonds. The molecule has 0 bridgehead atoms. The summed E-state index contributed by atoms with van der Waals surface area (Å²) in [5.41, 5.74) is 10.1. The van der Waals surface area contributed by atoms with Gasteiger partial charge in [-0.1, -0.05) is 6.42 Å². The van der Waals surface area contributed by atoms with Gasteiger partial charge in [0.2, 0.25) is 0 Å². The maximum Gasteiger partial charge on any atom is 0.419 e. The van der Waals surface area contributed by atoms with Gasteiger partial charge in [0, 0.05) is 27.5 Å². The number of carboxylic acids is 1. The molecular weight excluding hydrogens is 383 g/mol. The predicted octanol–water partition coefficient (Wildman–Crippen LogP) is -0.832. The van der Waals surface area contributed by atoms with E-state index in [0.717, 1.165) is 12.8 Å². The van der Waals surface area contributed by atoms with Crippen molar-refractivity contribution in [3.05, 3.63) is 0 Å². The quantitative estimate of drug-likeness (QED) is 0.302. The van der Waals surface area contributed by atoms with Crippen molar-refractivity contribution in [3.63, 3.8) is 0 Å². The molecule has 90 valence electrons. The second-order valence-electron chi connectivity index (χ2n) is 3.50. The Kier molecular flexibility index (Phi) is 5.41. The van der Waals surface area contributed by atoms with Gasteiger partial charge >= 0.3 is 11.9 Å². The van der Waals surface area contributed by atoms with Gasteiger partial charge in [-0.15, -0.1) is 0 Å². The molecule has 1 fully saturated rings. The minimum absolute atomic E-state index is 0. The number of carboxylic acid groups (broad SMARTS) is 1. The van der Waals surface area contributed by atoms with Crippen LogP contribution in [0.15, 0.2) is 0 Å². The number of hydrogen-bond donors (Lipinski definition) is 3. The van der Waals surface area contributed by atoms with Gasteiger partial charge in [-0.05, 0) is 12.8 Å². The van der Waals surface area contributed by atoms with E-state index in [4.69, 9.17) is 16.6 Å². The second-order valence-corrected chi connectivity index (χ2v) is 3.50. The zero-order chi connectivity index (χ0) is 10.8. The maximum absolute atomic E-state index is 10.8. The zero-order valence-electron chi connectivity index (χ0n) is 8.05. The molecule has 0 saturated heterocycles. The maximum atomic E-state index is 10.8. The number of carbonyl (C=O) groups is 2. The Hall–Kier alpha value is -0.452. The van der Waals surface area contributed by atoms with Gasteiger partial charge in [0.15, 0.2) is 5.72 Å². The number of rotatable bonds is 1. The van der Waals surface area contributed by atoms with Crippen LogP contribution < -0.4 is 11.5 Å². The topological polar surface area (TPSA) is 116 Å². The summed E-state index contributed by atoms with van der Waals surface area (Å²) in [4.78, 5) is 21.1. The molecular formula is C8H14N2O4Pt. The molecule has 0 aromatic rings. The summed E-state index contributed by atoms with van der Waals surface area (Å²) in [6.07, 6.45) is 2.76. The summed E-state index contributed by atoms with van der Waals surface area (Å²) < 4.78 is 4.67. The molecule has 15 heavy (non-hydrogen) atoms. The van der Waals surface area contributed by atoms with E-state index in [1.54, 1.807) is 0 Å². The predicted molar refractivity (Wildman–Crippen MR) is 47.1 cm³/mol. The Morgan fingerprint density at radius 3 is 2.47 bits per heavy atom. The van der Waals surface area contributed by atoms with Gasteiger partial charge in [-0.2, -0.15) is 0 Å². The molecule has 2 unspecified atom stereocenters. The normalized spacial score (nSPS) is 30.1. The Labute approximate surface area is 102 Å². The summed E-state index contributed by atoms with van der Waals surface area (Å²) in [7, 11) is 0. The first-order valence-corrected chi connectivity index (χ1v) is 4.46. The third-order valence-corrected chi connectivity index (χ3v) is 2.42. The molecule has 1 saturated carbocycles. The molecule has 0 aliphatic heterocycles. The van der Waals surface area contributed by atoms with Crippen molar-refractivity contribution in [2.45, 2.75) is 37.5 Å². The smallest absolute Gasteiger partial charge is 0.419 e. The molecule has 1 rings (SSSR count). The molecule has 2 atom stereocenters. The number of carbonyl (C=O) groups excluding carboxylic acids is 1. The summed E-state index contributed by atoms with van der Waals surface area (Å²) in [6.45, 7) is 0. The van der Waals surface area contributed by atoms with Crippen LogP contribution in [0.5, 0.6) is 0 Å². The van der Waals surface area contributed by atoms with Crippen molar-refractivity contribution < 1.29 is 40.5 Å². The van der Waals surface area contributed by atoms with E-state index in [0.29, 0.717) is 12.8 Å². The summed E-state index contributed by atoms with van der Waals surface area (Å²) in [5.74, 6) is -2.99. The molecule has 0 heterocycles. The van der Waals surface area contributed by atoms with Crippen molar-refractivity contribution in [1.82, 2.24) is 0 Å². The van der Waals surface area contributed by atoms with Crippen molar-refractivity contribution in [1.29, 1.82) is 0 Å². The van der Waals surface area contributed by atoms with Crippen LogP contribution in [0.2, 0.25) is 0 Å². The molecule has 1 aliphatic rings. The fraction of sp³-hybridized carbons (Fsp3) is 0.750. The molecule has 0 aromatic carbocycles. The average Bonchev–Trinajstić information content (AvgIpc) is 2.10. The first-order chi connectivity index (χ1) is 6.46. The van der Waals surface area contributed by atoms with E-state index in [1.165, 1.54) is 0 Å². The van der Waals surface area contributed by atoms with Crippen molar-refractivity contribution >= 4 is 11.9 Å². The average molecular weight is 397 g/mol. The fourth-order valence-electron chi connectivity index (χ4n) is 1.54. The number of hydrogen-bond acceptors (Lipinski definition) is 5. The minimum Gasteiger partial charge on any atom is -0.473 e. The standard InChI is InChI=1S/C8H14N2O4.Pt/c9-5-3-1-2-4-8(5,10)14-7(13)6(11)12;/h5H,1-4,9-10H2,(H,11,12);. The van der Waals surface area contributed by atoms with E-state index in [9.17, 15) is 9.59 Å². The van der Waals surface area contributed by atoms with E-state index in [-0.39, 0.29) is 21.1 Å². The third kappa shape index (κ3) is 3.55. The first-order valence-electron chi connectivity index (χ1n) is 4.46. The number of nitrogens with two attached hydrogens (primary N) is 2. The van der Waals surface area contributed by atoms with Crippen LogP contribution in [0, 0.1) is 0 Å². The van der Waals surface area contributed by atoms with E-state index >= 15 is 0 Å². The number of ether oxygens (including phenoxy) is 1. The number of esters is 1. The molecule has 6 nitrogen and oxygen atoms in total. The van der Waals surface area contributed by atoms with Crippen LogP contribution in [-0.2, 0) is 35.4 Å². The molecule has 0 spiro atoms. The largest absolute Gasteiger partial charge is 0.473 e. The van der Waals surface area contributed by atoms with Crippen LogP contribution in [-0.4, -0.2) is 28.8 Å². The van der Waals surface area contributed by atoms with Crippen LogP contribution in [0.4, 0.5) is 0 Å². The van der Waals surface area contributed by atoms with Gasteiger partial charge in [0.1, 0.15) is 0 Å². The van der Waals surface area contributed by atoms with Crippen LogP contribution in [0.1, 0.15) is 25.7 Å². The SMILES string of the molecule is NC1CCCCC1(N)OC(=O)C(=O)O.[Pt]. The fourth-order valence-corrected chi connectivity index (χ4v) is 1.54. The molecule has 0 aromatic heterocycles. The van der Waals surface area contributed by atoms with E-state index < -0.39 is 23.7 Å². The van der Waals surface area contributed by atoms with Gasteiger partial charge < -0.3 is 15.6 Å². The number of aliphatic carboxylic acids is 1. The Bertz CT molecular complexity index is 261. The van der Waals surface area contributed by atoms with Crippen LogP contribution >= 0.6 is 0 Å². The van der Waals surface area contributed by atoms with Crippen LogP contribution in [0.25, 0.3) is 0 Å². The van der Waals surface area contributed by atoms with Gasteiger partial charge in [-0.3, -0.25) is 5.73 Å². The Morgan fingerprint density at radius 1 is 1.40 bits per heavy atom. The van der Waals surface area contributed by atoms with Gasteiger partial charge in [0.25, 0.3) is 0 Å². The minimum atomic E-state index is -1.65. The molecule has 7 heteroatoms. The van der Waals surface area contributed by atoms with Crippen molar-refractivity contribution in [2.75, 3.05) is 0 Å². The first kappa shape index (κ1) is 14.5. The van der Waals surface area contributed by atoms with Crippen LogP contribution in [0.3, 0.4) is 0 Å². The molecule has 5 N–H and O–H groups in total. The van der Waals surface area contributed by atoms with E-state index in [2.05, 4.69) is 4.74 Å². The Balaban J connectivity index is 0.00000196. The van der Waals surface area contributed by atoms with Crippen molar-refractivity contribution in [3.8, 4) is 0 Å². The zero-order valence-corrected chi connectivity index (χ0v) is 10.3. The second kappa shape index (κ2) is 5.58. The Morgan fingerprint density at radius 2 is 2.00 bits per heavy atom. The van der Waals surface area contributed by atoms with Gasteiger partial charge in [0.05, 0.1) is 6.04 Å². The van der Waals surface area contributed by atoms with E-state index in [1.807, 2.05) is 0 Å². The van der Waals surface area contributed by atoms with Crippen molar-refractivity contribution in [2.24, 2.45) is 11.5 Å². The molecule has 0 radical (unpaired) electrons. The summed E-state index contributed by atoms with van der Waals surface area (Å²) >= 11 is 0. The molecule has 1 aliphatic carbocycles. The monoisotopic (exact) mass is 397 g/mol.